The smallest absolute Gasteiger partial charge is 0.226 e. The van der Waals surface area contributed by atoms with E-state index in [0.29, 0.717) is 38.0 Å². The van der Waals surface area contributed by atoms with E-state index in [4.69, 9.17) is 4.74 Å². The van der Waals surface area contributed by atoms with E-state index in [1.54, 1.807) is 6.92 Å². The van der Waals surface area contributed by atoms with Crippen LogP contribution >= 0.6 is 0 Å². The normalized spacial score (nSPS) is 17.1. The lowest BCUT2D eigenvalue weighted by atomic mass is 9.74. The minimum atomic E-state index is -0.888. The Hall–Kier alpha value is -2.31. The summed E-state index contributed by atoms with van der Waals surface area (Å²) in [7, 11) is 0. The van der Waals surface area contributed by atoms with Crippen molar-refractivity contribution in [1.82, 2.24) is 5.32 Å². The van der Waals surface area contributed by atoms with Gasteiger partial charge in [0.2, 0.25) is 5.91 Å². The molecule has 0 spiro atoms. The van der Waals surface area contributed by atoms with Crippen molar-refractivity contribution < 1.29 is 23.4 Å². The Labute approximate surface area is 163 Å². The number of rotatable bonds is 6. The molecule has 2 aromatic carbocycles. The molecule has 2 N–H and O–H groups in total. The number of aliphatic hydroxyl groups excluding tert-OH is 1. The largest absolute Gasteiger partial charge is 0.392 e. The highest BCUT2D eigenvalue weighted by molar-refractivity contribution is 5.83. The summed E-state index contributed by atoms with van der Waals surface area (Å²) in [5.41, 5.74) is 1.68. The van der Waals surface area contributed by atoms with Gasteiger partial charge < -0.3 is 15.2 Å². The lowest BCUT2D eigenvalue weighted by Crippen LogP contribution is -2.47. The zero-order valence-electron chi connectivity index (χ0n) is 15.9. The number of amides is 1. The molecule has 1 fully saturated rings. The zero-order chi connectivity index (χ0) is 20.1. The Balaban J connectivity index is 1.84. The highest BCUT2D eigenvalue weighted by Crippen LogP contribution is 2.35. The first kappa shape index (κ1) is 20.4. The van der Waals surface area contributed by atoms with Crippen LogP contribution in [0.25, 0.3) is 11.1 Å². The number of aliphatic hydroxyl groups is 1. The van der Waals surface area contributed by atoms with Crippen LogP contribution in [-0.2, 0) is 16.0 Å². The molecule has 1 aliphatic rings. The van der Waals surface area contributed by atoms with Crippen molar-refractivity contribution in [2.75, 3.05) is 19.8 Å². The molecule has 1 aliphatic heterocycles. The van der Waals surface area contributed by atoms with Crippen LogP contribution < -0.4 is 5.32 Å². The second-order valence-electron chi connectivity index (χ2n) is 7.46. The molecule has 0 aliphatic carbocycles. The maximum Gasteiger partial charge on any atom is 0.226 e. The Morgan fingerprint density at radius 2 is 1.86 bits per heavy atom. The Bertz CT molecular complexity index is 832. The summed E-state index contributed by atoms with van der Waals surface area (Å²) in [6.07, 6.45) is 1.08. The van der Waals surface area contributed by atoms with Crippen LogP contribution in [0, 0.1) is 17.0 Å². The molecule has 1 heterocycles. The zero-order valence-corrected chi connectivity index (χ0v) is 15.9. The average molecular weight is 389 g/mol. The summed E-state index contributed by atoms with van der Waals surface area (Å²) in [4.78, 5) is 12.9. The molecular weight excluding hydrogens is 364 g/mol. The van der Waals surface area contributed by atoms with E-state index in [1.807, 2.05) is 24.3 Å². The summed E-state index contributed by atoms with van der Waals surface area (Å²) in [6.45, 7) is 2.84. The molecule has 0 bridgehead atoms. The summed E-state index contributed by atoms with van der Waals surface area (Å²) >= 11 is 0. The number of carbonyl (C=O) groups excluding carboxylic acids is 1. The van der Waals surface area contributed by atoms with E-state index in [-0.39, 0.29) is 12.5 Å². The molecule has 150 valence electrons. The fourth-order valence-electron chi connectivity index (χ4n) is 3.60. The molecule has 0 saturated carbocycles. The molecule has 6 heteroatoms. The average Bonchev–Trinajstić information content (AvgIpc) is 2.69. The molecule has 28 heavy (non-hydrogen) atoms. The summed E-state index contributed by atoms with van der Waals surface area (Å²) in [5, 5.41) is 12.3. The molecule has 1 unspecified atom stereocenters. The Kier molecular flexibility index (Phi) is 6.42. The van der Waals surface area contributed by atoms with Crippen LogP contribution in [-0.4, -0.2) is 36.9 Å². The van der Waals surface area contributed by atoms with Gasteiger partial charge in [-0.05, 0) is 55.0 Å². The van der Waals surface area contributed by atoms with Crippen LogP contribution in [0.4, 0.5) is 8.78 Å². The van der Waals surface area contributed by atoms with E-state index in [1.165, 1.54) is 12.1 Å². The van der Waals surface area contributed by atoms with E-state index in [9.17, 15) is 18.7 Å². The van der Waals surface area contributed by atoms with E-state index >= 15 is 0 Å². The fraction of sp³-hybridized carbons (Fsp3) is 0.409. The minimum absolute atomic E-state index is 0.0880. The molecule has 3 rings (SSSR count). The lowest BCUT2D eigenvalue weighted by molar-refractivity contribution is -0.137. The maximum atomic E-state index is 13.6. The second-order valence-corrected chi connectivity index (χ2v) is 7.46. The van der Waals surface area contributed by atoms with Crippen molar-refractivity contribution in [3.8, 4) is 11.1 Å². The summed E-state index contributed by atoms with van der Waals surface area (Å²) < 4.78 is 32.3. The van der Waals surface area contributed by atoms with Crippen LogP contribution in [0.2, 0.25) is 0 Å². The Morgan fingerprint density at radius 1 is 1.14 bits per heavy atom. The minimum Gasteiger partial charge on any atom is -0.392 e. The first-order valence-electron chi connectivity index (χ1n) is 9.48. The quantitative estimate of drug-likeness (QED) is 0.795. The molecule has 1 saturated heterocycles. The van der Waals surface area contributed by atoms with Gasteiger partial charge in [-0.3, -0.25) is 4.79 Å². The number of halogens is 2. The fourth-order valence-corrected chi connectivity index (χ4v) is 3.60. The predicted molar refractivity (Wildman–Crippen MR) is 103 cm³/mol. The van der Waals surface area contributed by atoms with Gasteiger partial charge in [0.1, 0.15) is 0 Å². The standard InChI is InChI=1S/C22H25F2NO3/c1-15(26)14-25-21(27)22(7-9-28-10-8-22)13-16-3-2-4-17(11-16)18-5-6-19(23)20(24)12-18/h2-6,11-12,15,26H,7-10,13-14H2,1H3,(H,25,27). The second kappa shape index (κ2) is 8.80. The van der Waals surface area contributed by atoms with Crippen molar-refractivity contribution in [1.29, 1.82) is 0 Å². The number of benzene rings is 2. The van der Waals surface area contributed by atoms with Crippen molar-refractivity contribution in [3.63, 3.8) is 0 Å². The summed E-state index contributed by atoms with van der Waals surface area (Å²) in [5.74, 6) is -1.85. The molecule has 2 aromatic rings. The topological polar surface area (TPSA) is 58.6 Å². The molecule has 0 aromatic heterocycles. The maximum absolute atomic E-state index is 13.6. The number of hydrogen-bond acceptors (Lipinski definition) is 3. The third kappa shape index (κ3) is 4.75. The molecular formula is C22H25F2NO3. The van der Waals surface area contributed by atoms with Crippen LogP contribution in [0.15, 0.2) is 42.5 Å². The third-order valence-corrected chi connectivity index (χ3v) is 5.21. The predicted octanol–water partition coefficient (Wildman–Crippen LogP) is 3.47. The van der Waals surface area contributed by atoms with Crippen LogP contribution in [0.1, 0.15) is 25.3 Å². The highest BCUT2D eigenvalue weighted by Gasteiger charge is 2.40. The van der Waals surface area contributed by atoms with E-state index in [0.717, 1.165) is 17.2 Å². The van der Waals surface area contributed by atoms with Crippen molar-refractivity contribution in [2.24, 2.45) is 5.41 Å². The number of carbonyl (C=O) groups is 1. The SMILES string of the molecule is CC(O)CNC(=O)C1(Cc2cccc(-c3ccc(F)c(F)c3)c2)CCOCC1. The van der Waals surface area contributed by atoms with E-state index < -0.39 is 23.2 Å². The monoisotopic (exact) mass is 389 g/mol. The van der Waals surface area contributed by atoms with Gasteiger partial charge in [-0.2, -0.15) is 0 Å². The third-order valence-electron chi connectivity index (χ3n) is 5.21. The highest BCUT2D eigenvalue weighted by atomic mass is 19.2. The summed E-state index contributed by atoms with van der Waals surface area (Å²) in [6, 6.07) is 11.4. The van der Waals surface area contributed by atoms with Gasteiger partial charge in [0, 0.05) is 19.8 Å². The van der Waals surface area contributed by atoms with Crippen molar-refractivity contribution in [2.45, 2.75) is 32.3 Å². The lowest BCUT2D eigenvalue weighted by Gasteiger charge is -2.36. The Morgan fingerprint density at radius 3 is 2.54 bits per heavy atom. The van der Waals surface area contributed by atoms with Crippen LogP contribution in [0.5, 0.6) is 0 Å². The van der Waals surface area contributed by atoms with Gasteiger partial charge in [0.25, 0.3) is 0 Å². The van der Waals surface area contributed by atoms with Gasteiger partial charge >= 0.3 is 0 Å². The van der Waals surface area contributed by atoms with E-state index in [2.05, 4.69) is 5.32 Å². The van der Waals surface area contributed by atoms with Crippen LogP contribution in [0.3, 0.4) is 0 Å². The van der Waals surface area contributed by atoms with Crippen molar-refractivity contribution >= 4 is 5.91 Å². The molecule has 4 nitrogen and oxygen atoms in total. The van der Waals surface area contributed by atoms with Crippen molar-refractivity contribution in [3.05, 3.63) is 59.7 Å². The molecule has 0 radical (unpaired) electrons. The first-order valence-corrected chi connectivity index (χ1v) is 9.48. The number of hydrogen-bond donors (Lipinski definition) is 2. The van der Waals surface area contributed by atoms with Gasteiger partial charge in [-0.1, -0.05) is 30.3 Å². The number of ether oxygens (including phenoxy) is 1. The van der Waals surface area contributed by atoms with Gasteiger partial charge in [-0.25, -0.2) is 8.78 Å². The number of nitrogens with one attached hydrogen (secondary N) is 1. The molecule has 1 amide bonds. The molecule has 1 atom stereocenters. The van der Waals surface area contributed by atoms with Gasteiger partial charge in [-0.15, -0.1) is 0 Å². The first-order chi connectivity index (χ1) is 13.4. The van der Waals surface area contributed by atoms with Gasteiger partial charge in [0.05, 0.1) is 11.5 Å². The van der Waals surface area contributed by atoms with Gasteiger partial charge in [0.15, 0.2) is 11.6 Å².